The Kier molecular flexibility index (Phi) is 3.52. The van der Waals surface area contributed by atoms with Gasteiger partial charge < -0.3 is 10.6 Å². The van der Waals surface area contributed by atoms with Crippen LogP contribution in [-0.2, 0) is 0 Å². The molecule has 0 aliphatic rings. The second kappa shape index (κ2) is 4.46. The van der Waals surface area contributed by atoms with E-state index in [4.69, 9.17) is 5.73 Å². The number of rotatable bonds is 2. The summed E-state index contributed by atoms with van der Waals surface area (Å²) in [6.07, 6.45) is 0. The van der Waals surface area contributed by atoms with E-state index in [1.807, 2.05) is 6.92 Å². The highest BCUT2D eigenvalue weighted by molar-refractivity contribution is 9.10. The largest absolute Gasteiger partial charge is 0.398 e. The molecule has 0 atom stereocenters. The van der Waals surface area contributed by atoms with Gasteiger partial charge in [0.1, 0.15) is 0 Å². The lowest BCUT2D eigenvalue weighted by Gasteiger charge is -2.14. The van der Waals surface area contributed by atoms with Gasteiger partial charge in [0.05, 0.1) is 0 Å². The minimum absolute atomic E-state index is 0.00769. The van der Waals surface area contributed by atoms with Crippen LogP contribution in [-0.4, -0.2) is 24.4 Å². The number of anilines is 1. The van der Waals surface area contributed by atoms with Crippen molar-refractivity contribution in [1.29, 1.82) is 0 Å². The monoisotopic (exact) mass is 256 g/mol. The van der Waals surface area contributed by atoms with Crippen LogP contribution in [0.2, 0.25) is 0 Å². The summed E-state index contributed by atoms with van der Waals surface area (Å²) in [7, 11) is 1.76. The van der Waals surface area contributed by atoms with Crippen LogP contribution in [0.5, 0.6) is 0 Å². The normalized spacial score (nSPS) is 9.93. The molecule has 0 saturated carbocycles. The maximum absolute atomic E-state index is 11.7. The van der Waals surface area contributed by atoms with Crippen molar-refractivity contribution in [2.75, 3.05) is 19.3 Å². The van der Waals surface area contributed by atoms with Gasteiger partial charge >= 0.3 is 0 Å². The summed E-state index contributed by atoms with van der Waals surface area (Å²) >= 11 is 3.28. The molecule has 2 N–H and O–H groups in total. The topological polar surface area (TPSA) is 46.3 Å². The number of amides is 1. The molecule has 0 aliphatic carbocycles. The van der Waals surface area contributed by atoms with Gasteiger partial charge in [0.2, 0.25) is 0 Å². The number of halogens is 1. The molecular formula is C10H13BrN2O. The first-order chi connectivity index (χ1) is 6.56. The highest BCUT2D eigenvalue weighted by Crippen LogP contribution is 2.20. The van der Waals surface area contributed by atoms with Crippen molar-refractivity contribution in [3.05, 3.63) is 28.2 Å². The molecule has 1 aromatic rings. The van der Waals surface area contributed by atoms with E-state index < -0.39 is 0 Å². The van der Waals surface area contributed by atoms with Gasteiger partial charge in [-0.2, -0.15) is 0 Å². The summed E-state index contributed by atoms with van der Waals surface area (Å²) in [5, 5.41) is 0. The lowest BCUT2D eigenvalue weighted by atomic mass is 10.2. The summed E-state index contributed by atoms with van der Waals surface area (Å²) in [5.41, 5.74) is 6.89. The van der Waals surface area contributed by atoms with Crippen LogP contribution in [0.3, 0.4) is 0 Å². The Balaban J connectivity index is 2.97. The Morgan fingerprint density at radius 2 is 2.21 bits per heavy atom. The molecule has 76 valence electrons. The van der Waals surface area contributed by atoms with Crippen LogP contribution in [0.1, 0.15) is 17.3 Å². The van der Waals surface area contributed by atoms with Crippen LogP contribution in [0.15, 0.2) is 22.7 Å². The first kappa shape index (κ1) is 11.0. The zero-order chi connectivity index (χ0) is 10.7. The van der Waals surface area contributed by atoms with E-state index >= 15 is 0 Å². The third-order valence-corrected chi connectivity index (χ3v) is 2.79. The molecule has 1 rings (SSSR count). The molecule has 0 heterocycles. The molecule has 0 bridgehead atoms. The maximum atomic E-state index is 11.7. The molecule has 0 spiro atoms. The predicted molar refractivity (Wildman–Crippen MR) is 61.2 cm³/mol. The van der Waals surface area contributed by atoms with Crippen molar-refractivity contribution in [1.82, 2.24) is 4.90 Å². The SMILES string of the molecule is CCN(C)C(=O)c1ccc(Br)c(N)c1. The molecule has 1 aromatic carbocycles. The molecular weight excluding hydrogens is 244 g/mol. The number of carbonyl (C=O) groups is 1. The molecule has 14 heavy (non-hydrogen) atoms. The van der Waals surface area contributed by atoms with E-state index in [-0.39, 0.29) is 5.91 Å². The summed E-state index contributed by atoms with van der Waals surface area (Å²) in [6.45, 7) is 2.62. The third-order valence-electron chi connectivity index (χ3n) is 2.06. The zero-order valence-electron chi connectivity index (χ0n) is 8.25. The minimum atomic E-state index is -0.00769. The minimum Gasteiger partial charge on any atom is -0.398 e. The smallest absolute Gasteiger partial charge is 0.253 e. The number of nitrogen functional groups attached to an aromatic ring is 1. The number of nitrogens with zero attached hydrogens (tertiary/aromatic N) is 1. The highest BCUT2D eigenvalue weighted by Gasteiger charge is 2.10. The molecule has 4 heteroatoms. The summed E-state index contributed by atoms with van der Waals surface area (Å²) < 4.78 is 0.813. The fourth-order valence-corrected chi connectivity index (χ4v) is 1.29. The number of carbonyl (C=O) groups excluding carboxylic acids is 1. The maximum Gasteiger partial charge on any atom is 0.253 e. The van der Waals surface area contributed by atoms with Gasteiger partial charge in [-0.1, -0.05) is 0 Å². The van der Waals surface area contributed by atoms with Crippen molar-refractivity contribution in [3.63, 3.8) is 0 Å². The van der Waals surface area contributed by atoms with E-state index in [2.05, 4.69) is 15.9 Å². The average Bonchev–Trinajstić information content (AvgIpc) is 2.20. The van der Waals surface area contributed by atoms with Crippen LogP contribution >= 0.6 is 15.9 Å². The van der Waals surface area contributed by atoms with Gasteiger partial charge in [-0.3, -0.25) is 4.79 Å². The zero-order valence-corrected chi connectivity index (χ0v) is 9.84. The number of hydrogen-bond acceptors (Lipinski definition) is 2. The second-order valence-corrected chi connectivity index (χ2v) is 3.91. The summed E-state index contributed by atoms with van der Waals surface area (Å²) in [5.74, 6) is -0.00769. The molecule has 0 aliphatic heterocycles. The van der Waals surface area contributed by atoms with Gasteiger partial charge in [0.15, 0.2) is 0 Å². The fourth-order valence-electron chi connectivity index (χ4n) is 1.04. The molecule has 0 fully saturated rings. The van der Waals surface area contributed by atoms with Crippen LogP contribution in [0, 0.1) is 0 Å². The van der Waals surface area contributed by atoms with Crippen LogP contribution in [0.4, 0.5) is 5.69 Å². The molecule has 0 radical (unpaired) electrons. The second-order valence-electron chi connectivity index (χ2n) is 3.06. The van der Waals surface area contributed by atoms with Crippen molar-refractivity contribution >= 4 is 27.5 Å². The molecule has 0 saturated heterocycles. The van der Waals surface area contributed by atoms with Gasteiger partial charge in [0, 0.05) is 29.3 Å². The van der Waals surface area contributed by atoms with E-state index in [0.717, 1.165) is 4.47 Å². The average molecular weight is 257 g/mol. The first-order valence-electron chi connectivity index (χ1n) is 4.36. The fraction of sp³-hybridized carbons (Fsp3) is 0.300. The third kappa shape index (κ3) is 2.26. The predicted octanol–water partition coefficient (Wildman–Crippen LogP) is 2.12. The Labute approximate surface area is 92.0 Å². The molecule has 1 amide bonds. The lowest BCUT2D eigenvalue weighted by molar-refractivity contribution is 0.0802. The van der Waals surface area contributed by atoms with Crippen molar-refractivity contribution in [3.8, 4) is 0 Å². The molecule has 3 nitrogen and oxygen atoms in total. The Morgan fingerprint density at radius 3 is 2.71 bits per heavy atom. The van der Waals surface area contributed by atoms with Crippen molar-refractivity contribution in [2.24, 2.45) is 0 Å². The lowest BCUT2D eigenvalue weighted by Crippen LogP contribution is -2.26. The Hall–Kier alpha value is -1.03. The standard InChI is InChI=1S/C10H13BrN2O/c1-3-13(2)10(14)7-4-5-8(11)9(12)6-7/h4-6H,3,12H2,1-2H3. The molecule has 0 unspecified atom stereocenters. The first-order valence-corrected chi connectivity index (χ1v) is 5.16. The highest BCUT2D eigenvalue weighted by atomic mass is 79.9. The quantitative estimate of drug-likeness (QED) is 0.825. The number of benzene rings is 1. The van der Waals surface area contributed by atoms with Gasteiger partial charge in [-0.25, -0.2) is 0 Å². The summed E-state index contributed by atoms with van der Waals surface area (Å²) in [4.78, 5) is 13.3. The summed E-state index contributed by atoms with van der Waals surface area (Å²) in [6, 6.07) is 5.22. The Bertz CT molecular complexity index is 352. The van der Waals surface area contributed by atoms with Crippen LogP contribution in [0.25, 0.3) is 0 Å². The Morgan fingerprint density at radius 1 is 1.57 bits per heavy atom. The number of nitrogens with two attached hydrogens (primary N) is 1. The molecule has 0 aromatic heterocycles. The van der Waals surface area contributed by atoms with E-state index in [1.54, 1.807) is 30.1 Å². The van der Waals surface area contributed by atoms with Gasteiger partial charge in [-0.15, -0.1) is 0 Å². The van der Waals surface area contributed by atoms with E-state index in [1.165, 1.54) is 0 Å². The van der Waals surface area contributed by atoms with Gasteiger partial charge in [-0.05, 0) is 41.1 Å². The van der Waals surface area contributed by atoms with Crippen molar-refractivity contribution in [2.45, 2.75) is 6.92 Å². The van der Waals surface area contributed by atoms with Crippen molar-refractivity contribution < 1.29 is 4.79 Å². The van der Waals surface area contributed by atoms with E-state index in [9.17, 15) is 4.79 Å². The van der Waals surface area contributed by atoms with E-state index in [0.29, 0.717) is 17.8 Å². The van der Waals surface area contributed by atoms with Gasteiger partial charge in [0.25, 0.3) is 5.91 Å². The van der Waals surface area contributed by atoms with Crippen LogP contribution < -0.4 is 5.73 Å². The number of hydrogen-bond donors (Lipinski definition) is 1.